The summed E-state index contributed by atoms with van der Waals surface area (Å²) >= 11 is 0. The number of methoxy groups -OCH3 is 2. The van der Waals surface area contributed by atoms with Crippen molar-refractivity contribution in [3.63, 3.8) is 0 Å². The van der Waals surface area contributed by atoms with Crippen molar-refractivity contribution in [2.45, 2.75) is 19.4 Å². The average Bonchev–Trinajstić information content (AvgIpc) is 3.29. The molecule has 1 amide bonds. The molecule has 34 heavy (non-hydrogen) atoms. The number of anilines is 1. The van der Waals surface area contributed by atoms with Crippen LogP contribution < -0.4 is 13.8 Å². The Hall–Kier alpha value is -3.60. The highest BCUT2D eigenvalue weighted by Crippen LogP contribution is 2.29. The van der Waals surface area contributed by atoms with Gasteiger partial charge in [-0.1, -0.05) is 29.4 Å². The van der Waals surface area contributed by atoms with Gasteiger partial charge in [-0.3, -0.25) is 9.10 Å². The van der Waals surface area contributed by atoms with Crippen LogP contribution >= 0.6 is 0 Å². The average molecular weight is 489 g/mol. The van der Waals surface area contributed by atoms with Crippen molar-refractivity contribution >= 4 is 21.6 Å². The van der Waals surface area contributed by atoms with Crippen LogP contribution in [0.5, 0.6) is 11.5 Å². The van der Waals surface area contributed by atoms with Crippen LogP contribution in [0.4, 0.5) is 5.69 Å². The zero-order valence-electron chi connectivity index (χ0n) is 19.6. The van der Waals surface area contributed by atoms with E-state index in [2.05, 4.69) is 10.1 Å². The van der Waals surface area contributed by atoms with E-state index < -0.39 is 10.0 Å². The molecule has 0 aliphatic heterocycles. The van der Waals surface area contributed by atoms with E-state index in [4.69, 9.17) is 14.0 Å². The Morgan fingerprint density at radius 2 is 1.85 bits per heavy atom. The molecule has 0 spiro atoms. The van der Waals surface area contributed by atoms with Gasteiger partial charge in [0.05, 0.1) is 32.7 Å². The van der Waals surface area contributed by atoms with Gasteiger partial charge in [0.2, 0.25) is 27.6 Å². The molecule has 10 nitrogen and oxygen atoms in total. The Morgan fingerprint density at radius 3 is 2.56 bits per heavy atom. The summed E-state index contributed by atoms with van der Waals surface area (Å²) in [4.78, 5) is 18.4. The monoisotopic (exact) mass is 488 g/mol. The van der Waals surface area contributed by atoms with Crippen LogP contribution in [0.15, 0.2) is 53.1 Å². The molecule has 1 aromatic heterocycles. The Bertz CT molecular complexity index is 1230. The topological polar surface area (TPSA) is 115 Å². The molecule has 11 heteroatoms. The van der Waals surface area contributed by atoms with Crippen LogP contribution in [-0.2, 0) is 21.4 Å². The first-order valence-corrected chi connectivity index (χ1v) is 12.4. The first kappa shape index (κ1) is 25.0. The fraction of sp³-hybridized carbons (Fsp3) is 0.348. The van der Waals surface area contributed by atoms with Crippen molar-refractivity contribution in [3.8, 4) is 22.9 Å². The molecule has 0 fully saturated rings. The summed E-state index contributed by atoms with van der Waals surface area (Å²) in [5.74, 6) is 1.64. The van der Waals surface area contributed by atoms with Crippen LogP contribution in [0.3, 0.4) is 0 Å². The number of sulfonamides is 1. The van der Waals surface area contributed by atoms with E-state index >= 15 is 0 Å². The Kier molecular flexibility index (Phi) is 8.11. The second-order valence-electron chi connectivity index (χ2n) is 7.60. The molecule has 3 rings (SSSR count). The van der Waals surface area contributed by atoms with Gasteiger partial charge in [0, 0.05) is 25.6 Å². The quantitative estimate of drug-likeness (QED) is 0.405. The van der Waals surface area contributed by atoms with E-state index in [1.165, 1.54) is 16.3 Å². The normalized spacial score (nSPS) is 11.2. The molecule has 0 aliphatic carbocycles. The lowest BCUT2D eigenvalue weighted by Crippen LogP contribution is -2.32. The van der Waals surface area contributed by atoms with Crippen LogP contribution in [0.2, 0.25) is 0 Å². The summed E-state index contributed by atoms with van der Waals surface area (Å²) in [7, 11) is 1.13. The molecule has 0 radical (unpaired) electrons. The van der Waals surface area contributed by atoms with Gasteiger partial charge < -0.3 is 18.9 Å². The standard InChI is InChI=1S/C23H28N4O6S/c1-26(16-21-24-23(25-33-21)17-9-7-10-18(15-17)31-2)22(28)13-8-14-27(34(4,29)30)19-11-5-6-12-20(19)32-3/h5-7,9-12,15H,8,13-14,16H2,1-4H3. The number of benzene rings is 2. The van der Waals surface area contributed by atoms with Crippen molar-refractivity contribution in [1.82, 2.24) is 15.0 Å². The third-order valence-corrected chi connectivity index (χ3v) is 6.28. The second-order valence-corrected chi connectivity index (χ2v) is 9.51. The summed E-state index contributed by atoms with van der Waals surface area (Å²) in [5, 5.41) is 3.97. The number of carbonyl (C=O) groups is 1. The van der Waals surface area contributed by atoms with E-state index in [1.54, 1.807) is 44.5 Å². The summed E-state index contributed by atoms with van der Waals surface area (Å²) in [6.45, 7) is 0.275. The fourth-order valence-electron chi connectivity index (χ4n) is 3.36. The first-order valence-electron chi connectivity index (χ1n) is 10.5. The van der Waals surface area contributed by atoms with Crippen LogP contribution in [0.1, 0.15) is 18.7 Å². The molecule has 0 bridgehead atoms. The van der Waals surface area contributed by atoms with Crippen molar-refractivity contribution in [2.24, 2.45) is 0 Å². The van der Waals surface area contributed by atoms with Crippen molar-refractivity contribution in [1.29, 1.82) is 0 Å². The zero-order valence-corrected chi connectivity index (χ0v) is 20.4. The maximum Gasteiger partial charge on any atom is 0.246 e. The SMILES string of the molecule is COc1cccc(-c2noc(CN(C)C(=O)CCCN(c3ccccc3OC)S(C)(=O)=O)n2)c1. The molecule has 0 aliphatic rings. The Morgan fingerprint density at radius 1 is 1.09 bits per heavy atom. The maximum atomic E-state index is 12.6. The van der Waals surface area contributed by atoms with Gasteiger partial charge in [0.15, 0.2) is 0 Å². The summed E-state index contributed by atoms with van der Waals surface area (Å²) in [6, 6.07) is 14.1. The Labute approximate surface area is 199 Å². The van der Waals surface area contributed by atoms with E-state index in [0.29, 0.717) is 35.3 Å². The number of rotatable bonds is 11. The molecule has 0 atom stereocenters. The van der Waals surface area contributed by atoms with Crippen molar-refractivity contribution in [2.75, 3.05) is 38.4 Å². The van der Waals surface area contributed by atoms with Crippen molar-refractivity contribution in [3.05, 3.63) is 54.4 Å². The van der Waals surface area contributed by atoms with Gasteiger partial charge in [0.1, 0.15) is 11.5 Å². The van der Waals surface area contributed by atoms with Crippen LogP contribution in [0.25, 0.3) is 11.4 Å². The fourth-order valence-corrected chi connectivity index (χ4v) is 4.32. The number of amides is 1. The third kappa shape index (κ3) is 6.25. The largest absolute Gasteiger partial charge is 0.497 e. The van der Waals surface area contributed by atoms with Gasteiger partial charge in [-0.15, -0.1) is 0 Å². The lowest BCUT2D eigenvalue weighted by molar-refractivity contribution is -0.130. The zero-order chi connectivity index (χ0) is 24.7. The number of carbonyl (C=O) groups excluding carboxylic acids is 1. The molecule has 2 aromatic carbocycles. The van der Waals surface area contributed by atoms with Gasteiger partial charge in [-0.2, -0.15) is 4.98 Å². The molecule has 0 N–H and O–H groups in total. The molecule has 0 unspecified atom stereocenters. The van der Waals surface area contributed by atoms with Gasteiger partial charge in [-0.05, 0) is 30.7 Å². The van der Waals surface area contributed by atoms with Gasteiger partial charge >= 0.3 is 0 Å². The molecular weight excluding hydrogens is 460 g/mol. The number of ether oxygens (including phenoxy) is 2. The minimum Gasteiger partial charge on any atom is -0.497 e. The number of aromatic nitrogens is 2. The lowest BCUT2D eigenvalue weighted by atomic mass is 10.2. The number of hydrogen-bond acceptors (Lipinski definition) is 8. The number of hydrogen-bond donors (Lipinski definition) is 0. The summed E-state index contributed by atoms with van der Waals surface area (Å²) in [5.41, 5.74) is 1.17. The molecule has 0 saturated heterocycles. The van der Waals surface area contributed by atoms with Crippen molar-refractivity contribution < 1.29 is 27.2 Å². The van der Waals surface area contributed by atoms with Gasteiger partial charge in [-0.25, -0.2) is 8.42 Å². The van der Waals surface area contributed by atoms with Gasteiger partial charge in [0.25, 0.3) is 0 Å². The summed E-state index contributed by atoms with van der Waals surface area (Å²) in [6.07, 6.45) is 1.60. The number of nitrogens with zero attached hydrogens (tertiary/aromatic N) is 4. The highest BCUT2D eigenvalue weighted by atomic mass is 32.2. The van der Waals surface area contributed by atoms with E-state index in [1.807, 2.05) is 18.2 Å². The molecule has 1 heterocycles. The minimum absolute atomic E-state index is 0.137. The van der Waals surface area contributed by atoms with E-state index in [0.717, 1.165) is 11.8 Å². The molecule has 182 valence electrons. The minimum atomic E-state index is -3.56. The molecule has 3 aromatic rings. The lowest BCUT2D eigenvalue weighted by Gasteiger charge is -2.24. The summed E-state index contributed by atoms with van der Waals surface area (Å²) < 4.78 is 41.7. The highest BCUT2D eigenvalue weighted by Gasteiger charge is 2.22. The molecular formula is C23H28N4O6S. The second kappa shape index (κ2) is 11.0. The first-order chi connectivity index (χ1) is 16.2. The smallest absolute Gasteiger partial charge is 0.246 e. The highest BCUT2D eigenvalue weighted by molar-refractivity contribution is 7.92. The number of para-hydroxylation sites is 2. The van der Waals surface area contributed by atoms with Crippen LogP contribution in [0, 0.1) is 0 Å². The van der Waals surface area contributed by atoms with E-state index in [-0.39, 0.29) is 25.4 Å². The third-order valence-electron chi connectivity index (χ3n) is 5.10. The maximum absolute atomic E-state index is 12.6. The van der Waals surface area contributed by atoms with E-state index in [9.17, 15) is 13.2 Å². The molecule has 0 saturated carbocycles. The predicted molar refractivity (Wildman–Crippen MR) is 127 cm³/mol. The van der Waals surface area contributed by atoms with Crippen LogP contribution in [-0.4, -0.2) is 63.4 Å². The predicted octanol–water partition coefficient (Wildman–Crippen LogP) is 2.96. The Balaban J connectivity index is 1.59.